The largest absolute Gasteiger partial charge is 0.496 e. The lowest BCUT2D eigenvalue weighted by atomic mass is 9.99. The zero-order valence-corrected chi connectivity index (χ0v) is 14.1. The molecular weight excluding hydrogens is 328 g/mol. The van der Waals surface area contributed by atoms with Crippen LogP contribution in [0.15, 0.2) is 47.2 Å². The van der Waals surface area contributed by atoms with Crippen LogP contribution in [0, 0.1) is 0 Å². The number of nitrogens with zero attached hydrogens (tertiary/aromatic N) is 1. The number of aromatic nitrogens is 1. The minimum Gasteiger partial charge on any atom is -0.496 e. The van der Waals surface area contributed by atoms with Crippen LogP contribution in [0.1, 0.15) is 18.1 Å². The van der Waals surface area contributed by atoms with Crippen molar-refractivity contribution in [1.82, 2.24) is 10.3 Å². The minimum atomic E-state index is 0.363. The van der Waals surface area contributed by atoms with Crippen molar-refractivity contribution in [1.29, 1.82) is 0 Å². The molecule has 21 heavy (non-hydrogen) atoms. The Labute approximate surface area is 134 Å². The maximum absolute atomic E-state index is 5.47. The van der Waals surface area contributed by atoms with E-state index in [2.05, 4.69) is 45.3 Å². The molecule has 2 aromatic rings. The fourth-order valence-corrected chi connectivity index (χ4v) is 2.89. The van der Waals surface area contributed by atoms with Crippen molar-refractivity contribution in [2.24, 2.45) is 0 Å². The predicted octanol–water partition coefficient (Wildman–Crippen LogP) is 3.62. The summed E-state index contributed by atoms with van der Waals surface area (Å²) >= 11 is 3.54. The molecule has 1 heterocycles. The van der Waals surface area contributed by atoms with Gasteiger partial charge >= 0.3 is 0 Å². The summed E-state index contributed by atoms with van der Waals surface area (Å²) in [6.07, 6.45) is 5.62. The third-order valence-electron chi connectivity index (χ3n) is 3.41. The molecule has 0 saturated heterocycles. The number of hydrogen-bond acceptors (Lipinski definition) is 3. The van der Waals surface area contributed by atoms with Gasteiger partial charge in [0, 0.05) is 22.9 Å². The molecule has 0 aliphatic carbocycles. The van der Waals surface area contributed by atoms with E-state index in [4.69, 9.17) is 4.74 Å². The van der Waals surface area contributed by atoms with Crippen LogP contribution in [0.2, 0.25) is 0 Å². The summed E-state index contributed by atoms with van der Waals surface area (Å²) < 4.78 is 6.55. The van der Waals surface area contributed by atoms with Crippen LogP contribution in [0.3, 0.4) is 0 Å². The molecule has 1 unspecified atom stereocenters. The molecule has 0 aliphatic rings. The SMILES string of the molecule is CCNC(Cc1cccnc1)Cc1cc(Br)ccc1OC. The molecule has 0 radical (unpaired) electrons. The highest BCUT2D eigenvalue weighted by atomic mass is 79.9. The second kappa shape index (κ2) is 8.15. The van der Waals surface area contributed by atoms with Gasteiger partial charge in [-0.1, -0.05) is 28.9 Å². The minimum absolute atomic E-state index is 0.363. The molecule has 0 aliphatic heterocycles. The van der Waals surface area contributed by atoms with Gasteiger partial charge in [-0.15, -0.1) is 0 Å². The third kappa shape index (κ3) is 4.83. The topological polar surface area (TPSA) is 34.2 Å². The van der Waals surface area contributed by atoms with Crippen LogP contribution < -0.4 is 10.1 Å². The second-order valence-corrected chi connectivity index (χ2v) is 5.90. The van der Waals surface area contributed by atoms with E-state index in [0.717, 1.165) is 29.6 Å². The molecule has 2 rings (SSSR count). The maximum atomic E-state index is 5.47. The summed E-state index contributed by atoms with van der Waals surface area (Å²) in [4.78, 5) is 4.19. The molecule has 1 aromatic heterocycles. The van der Waals surface area contributed by atoms with Gasteiger partial charge < -0.3 is 10.1 Å². The molecule has 0 fully saturated rings. The second-order valence-electron chi connectivity index (χ2n) is 4.98. The normalized spacial score (nSPS) is 12.1. The highest BCUT2D eigenvalue weighted by molar-refractivity contribution is 9.10. The molecule has 1 atom stereocenters. The van der Waals surface area contributed by atoms with E-state index in [9.17, 15) is 0 Å². The number of benzene rings is 1. The van der Waals surface area contributed by atoms with E-state index in [1.54, 1.807) is 7.11 Å². The van der Waals surface area contributed by atoms with Crippen molar-refractivity contribution in [2.75, 3.05) is 13.7 Å². The zero-order chi connectivity index (χ0) is 15.1. The van der Waals surface area contributed by atoms with Crippen LogP contribution in [-0.2, 0) is 12.8 Å². The highest BCUT2D eigenvalue weighted by Crippen LogP contribution is 2.24. The first-order valence-corrected chi connectivity index (χ1v) is 7.97. The Morgan fingerprint density at radius 3 is 2.81 bits per heavy atom. The first-order chi connectivity index (χ1) is 10.2. The zero-order valence-electron chi connectivity index (χ0n) is 12.5. The monoisotopic (exact) mass is 348 g/mol. The first kappa shape index (κ1) is 16.0. The van der Waals surface area contributed by atoms with Crippen LogP contribution in [0.5, 0.6) is 5.75 Å². The highest BCUT2D eigenvalue weighted by Gasteiger charge is 2.13. The molecule has 0 bridgehead atoms. The number of ether oxygens (including phenoxy) is 1. The van der Waals surface area contributed by atoms with E-state index in [0.29, 0.717) is 6.04 Å². The first-order valence-electron chi connectivity index (χ1n) is 7.17. The van der Waals surface area contributed by atoms with E-state index in [1.165, 1.54) is 11.1 Å². The lowest BCUT2D eigenvalue weighted by Crippen LogP contribution is -2.33. The number of methoxy groups -OCH3 is 1. The van der Waals surface area contributed by atoms with E-state index in [1.807, 2.05) is 30.6 Å². The molecule has 1 N–H and O–H groups in total. The number of rotatable bonds is 7. The van der Waals surface area contributed by atoms with E-state index in [-0.39, 0.29) is 0 Å². The quantitative estimate of drug-likeness (QED) is 0.829. The number of hydrogen-bond donors (Lipinski definition) is 1. The van der Waals surface area contributed by atoms with Crippen molar-refractivity contribution < 1.29 is 4.74 Å². The third-order valence-corrected chi connectivity index (χ3v) is 3.90. The molecule has 1 aromatic carbocycles. The van der Waals surface area contributed by atoms with Gasteiger partial charge in [0.1, 0.15) is 5.75 Å². The van der Waals surface area contributed by atoms with Crippen LogP contribution in [-0.4, -0.2) is 24.7 Å². The van der Waals surface area contributed by atoms with Gasteiger partial charge in [-0.25, -0.2) is 0 Å². The van der Waals surface area contributed by atoms with Crippen molar-refractivity contribution in [3.63, 3.8) is 0 Å². The summed E-state index contributed by atoms with van der Waals surface area (Å²) in [5.41, 5.74) is 2.46. The molecule has 4 heteroatoms. The smallest absolute Gasteiger partial charge is 0.122 e. The van der Waals surface area contributed by atoms with Crippen molar-refractivity contribution >= 4 is 15.9 Å². The van der Waals surface area contributed by atoms with Gasteiger partial charge in [0.25, 0.3) is 0 Å². The van der Waals surface area contributed by atoms with Gasteiger partial charge in [0.15, 0.2) is 0 Å². The number of nitrogens with one attached hydrogen (secondary N) is 1. The number of halogens is 1. The Balaban J connectivity index is 2.14. The van der Waals surface area contributed by atoms with Crippen molar-refractivity contribution in [3.8, 4) is 5.75 Å². The Hall–Kier alpha value is -1.39. The van der Waals surface area contributed by atoms with Crippen LogP contribution in [0.25, 0.3) is 0 Å². The van der Waals surface area contributed by atoms with Crippen LogP contribution in [0.4, 0.5) is 0 Å². The summed E-state index contributed by atoms with van der Waals surface area (Å²) in [6.45, 7) is 3.08. The van der Waals surface area contributed by atoms with Crippen LogP contribution >= 0.6 is 15.9 Å². The summed E-state index contributed by atoms with van der Waals surface area (Å²) in [5, 5.41) is 3.55. The Morgan fingerprint density at radius 1 is 1.29 bits per heavy atom. The van der Waals surface area contributed by atoms with Gasteiger partial charge in [0.05, 0.1) is 7.11 Å². The lowest BCUT2D eigenvalue weighted by molar-refractivity contribution is 0.404. The van der Waals surface area contributed by atoms with E-state index < -0.39 is 0 Å². The van der Waals surface area contributed by atoms with Gasteiger partial charge in [-0.3, -0.25) is 4.98 Å². The van der Waals surface area contributed by atoms with Gasteiger partial charge in [-0.2, -0.15) is 0 Å². The Bertz CT molecular complexity index is 560. The van der Waals surface area contributed by atoms with Gasteiger partial charge in [-0.05, 0) is 54.8 Å². The number of likely N-dealkylation sites (N-methyl/N-ethyl adjacent to an activating group) is 1. The Morgan fingerprint density at radius 2 is 2.14 bits per heavy atom. The Kier molecular flexibility index (Phi) is 6.21. The summed E-state index contributed by atoms with van der Waals surface area (Å²) in [7, 11) is 1.72. The van der Waals surface area contributed by atoms with E-state index >= 15 is 0 Å². The fraction of sp³-hybridized carbons (Fsp3) is 0.353. The molecule has 0 spiro atoms. The van der Waals surface area contributed by atoms with Gasteiger partial charge in [0.2, 0.25) is 0 Å². The molecule has 0 saturated carbocycles. The summed E-state index contributed by atoms with van der Waals surface area (Å²) in [6, 6.07) is 10.6. The predicted molar refractivity (Wildman–Crippen MR) is 89.8 cm³/mol. The summed E-state index contributed by atoms with van der Waals surface area (Å²) in [5.74, 6) is 0.937. The number of pyridine rings is 1. The molecule has 0 amide bonds. The molecule has 3 nitrogen and oxygen atoms in total. The fourth-order valence-electron chi connectivity index (χ4n) is 2.48. The van der Waals surface area contributed by atoms with Crippen molar-refractivity contribution in [3.05, 3.63) is 58.3 Å². The lowest BCUT2D eigenvalue weighted by Gasteiger charge is -2.19. The molecular formula is C17H21BrN2O. The van der Waals surface area contributed by atoms with Crippen molar-refractivity contribution in [2.45, 2.75) is 25.8 Å². The standard InChI is InChI=1S/C17H21BrN2O/c1-3-20-16(9-13-5-4-8-19-12-13)11-14-10-15(18)6-7-17(14)21-2/h4-8,10,12,16,20H,3,9,11H2,1-2H3. The maximum Gasteiger partial charge on any atom is 0.122 e. The average molecular weight is 349 g/mol. The molecule has 112 valence electrons. The average Bonchev–Trinajstić information content (AvgIpc) is 2.49.